The lowest BCUT2D eigenvalue weighted by atomic mass is 10.2. The van der Waals surface area contributed by atoms with E-state index in [1.165, 1.54) is 17.3 Å². The molecule has 8 heteroatoms. The molecule has 0 aliphatic rings. The molecule has 0 bridgehead atoms. The number of anilines is 1. The van der Waals surface area contributed by atoms with E-state index in [1.807, 2.05) is 71.3 Å². The van der Waals surface area contributed by atoms with Crippen molar-refractivity contribution in [3.63, 3.8) is 0 Å². The molecule has 37 heavy (non-hydrogen) atoms. The van der Waals surface area contributed by atoms with Crippen LogP contribution in [0.4, 0.5) is 5.69 Å². The monoisotopic (exact) mass is 514 g/mol. The predicted molar refractivity (Wildman–Crippen MR) is 147 cm³/mol. The number of carbonyl (C=O) groups excluding carboxylic acids is 1. The first-order valence-corrected chi connectivity index (χ1v) is 13.1. The average molecular weight is 515 g/mol. The number of aryl methyl sites for hydroxylation is 1. The number of nitrogens with one attached hydrogen (secondary N) is 1. The van der Waals surface area contributed by atoms with Gasteiger partial charge in [0.1, 0.15) is 24.7 Å². The van der Waals surface area contributed by atoms with Crippen molar-refractivity contribution in [3.05, 3.63) is 108 Å². The second-order valence-electron chi connectivity index (χ2n) is 8.22. The van der Waals surface area contributed by atoms with Crippen LogP contribution in [0.25, 0.3) is 0 Å². The van der Waals surface area contributed by atoms with E-state index in [-0.39, 0.29) is 18.3 Å². The second-order valence-corrected chi connectivity index (χ2v) is 9.16. The lowest BCUT2D eigenvalue weighted by Crippen LogP contribution is -2.15. The Morgan fingerprint density at radius 2 is 1.59 bits per heavy atom. The number of allylic oxidation sites excluding steroid dienone is 1. The van der Waals surface area contributed by atoms with Gasteiger partial charge in [-0.25, -0.2) is 0 Å². The molecule has 0 radical (unpaired) electrons. The van der Waals surface area contributed by atoms with Crippen LogP contribution in [0.2, 0.25) is 0 Å². The molecule has 0 fully saturated rings. The van der Waals surface area contributed by atoms with E-state index in [4.69, 9.17) is 9.47 Å². The fraction of sp³-hybridized carbons (Fsp3) is 0.207. The molecule has 190 valence electrons. The van der Waals surface area contributed by atoms with Gasteiger partial charge in [0.25, 0.3) is 0 Å². The topological polar surface area (TPSA) is 78.3 Å². The number of rotatable bonds is 13. The number of carbonyl (C=O) groups is 1. The van der Waals surface area contributed by atoms with Crippen molar-refractivity contribution in [1.29, 1.82) is 0 Å². The van der Waals surface area contributed by atoms with Crippen LogP contribution >= 0.6 is 11.8 Å². The largest absolute Gasteiger partial charge is 0.489 e. The first-order chi connectivity index (χ1) is 18.1. The van der Waals surface area contributed by atoms with Crippen LogP contribution in [0.3, 0.4) is 0 Å². The second kappa shape index (κ2) is 13.3. The van der Waals surface area contributed by atoms with Gasteiger partial charge in [0.2, 0.25) is 5.91 Å². The quantitative estimate of drug-likeness (QED) is 0.176. The molecule has 0 aliphatic heterocycles. The summed E-state index contributed by atoms with van der Waals surface area (Å²) >= 11 is 1.32. The number of nitrogens with zero attached hydrogens (tertiary/aromatic N) is 3. The summed E-state index contributed by atoms with van der Waals surface area (Å²) in [5.41, 5.74) is 3.06. The highest BCUT2D eigenvalue weighted by Crippen LogP contribution is 2.21. The number of thioether (sulfide) groups is 1. The number of aromatic nitrogens is 3. The van der Waals surface area contributed by atoms with Crippen molar-refractivity contribution in [1.82, 2.24) is 14.8 Å². The summed E-state index contributed by atoms with van der Waals surface area (Å²) in [7, 11) is 0. The Balaban J connectivity index is 1.27. The minimum Gasteiger partial charge on any atom is -0.489 e. The van der Waals surface area contributed by atoms with Crippen LogP contribution in [-0.2, 0) is 31.0 Å². The van der Waals surface area contributed by atoms with Gasteiger partial charge in [-0.05, 0) is 53.9 Å². The summed E-state index contributed by atoms with van der Waals surface area (Å²) in [6.07, 6.45) is 2.75. The Bertz CT molecular complexity index is 1290. The van der Waals surface area contributed by atoms with Crippen molar-refractivity contribution in [2.75, 3.05) is 11.1 Å². The maximum Gasteiger partial charge on any atom is 0.234 e. The molecule has 1 amide bonds. The van der Waals surface area contributed by atoms with Crippen LogP contribution in [-0.4, -0.2) is 26.4 Å². The highest BCUT2D eigenvalue weighted by molar-refractivity contribution is 7.99. The fourth-order valence-electron chi connectivity index (χ4n) is 3.52. The summed E-state index contributed by atoms with van der Waals surface area (Å²) in [6.45, 7) is 7.24. The van der Waals surface area contributed by atoms with E-state index in [1.54, 1.807) is 6.08 Å². The summed E-state index contributed by atoms with van der Waals surface area (Å²) in [6, 6.07) is 25.3. The van der Waals surface area contributed by atoms with Gasteiger partial charge < -0.3 is 14.8 Å². The molecule has 1 aromatic heterocycles. The number of amides is 1. The van der Waals surface area contributed by atoms with Crippen molar-refractivity contribution < 1.29 is 14.3 Å². The molecule has 1 N–H and O–H groups in total. The number of benzene rings is 3. The SMILES string of the molecule is C=CCn1c(COc2ccc(CC)cc2)nnc1SCC(=O)Nc1ccc(OCc2ccccc2)cc1. The first-order valence-electron chi connectivity index (χ1n) is 12.1. The molecule has 4 rings (SSSR count). The molecule has 0 aliphatic carbocycles. The molecular weight excluding hydrogens is 484 g/mol. The van der Waals surface area contributed by atoms with Crippen LogP contribution < -0.4 is 14.8 Å². The standard InChI is InChI=1S/C29H30N4O3S/c1-3-18-33-27(20-36-25-14-10-22(4-2)11-15-25)31-32-29(33)37-21-28(34)30-24-12-16-26(17-13-24)35-19-23-8-6-5-7-9-23/h3,5-17H,1,4,18-21H2,2H3,(H,30,34). The Kier molecular flexibility index (Phi) is 9.37. The molecule has 0 saturated carbocycles. The van der Waals surface area contributed by atoms with Crippen molar-refractivity contribution in [2.45, 2.75) is 38.3 Å². The molecule has 7 nitrogen and oxygen atoms in total. The van der Waals surface area contributed by atoms with E-state index >= 15 is 0 Å². The van der Waals surface area contributed by atoms with Gasteiger partial charge in [-0.1, -0.05) is 67.2 Å². The number of hydrogen-bond acceptors (Lipinski definition) is 6. The molecule has 4 aromatic rings. The van der Waals surface area contributed by atoms with Crippen molar-refractivity contribution >= 4 is 23.4 Å². The average Bonchev–Trinajstić information content (AvgIpc) is 3.32. The van der Waals surface area contributed by atoms with Gasteiger partial charge in [0.05, 0.1) is 5.75 Å². The highest BCUT2D eigenvalue weighted by atomic mass is 32.2. The highest BCUT2D eigenvalue weighted by Gasteiger charge is 2.14. The summed E-state index contributed by atoms with van der Waals surface area (Å²) in [5, 5.41) is 12.1. The first kappa shape index (κ1) is 26.0. The third-order valence-corrected chi connectivity index (χ3v) is 6.49. The van der Waals surface area contributed by atoms with Gasteiger partial charge in [0.15, 0.2) is 11.0 Å². The van der Waals surface area contributed by atoms with E-state index in [2.05, 4.69) is 41.1 Å². The zero-order chi connectivity index (χ0) is 25.9. The Hall–Kier alpha value is -4.04. The van der Waals surface area contributed by atoms with Gasteiger partial charge in [-0.2, -0.15) is 0 Å². The molecule has 0 saturated heterocycles. The van der Waals surface area contributed by atoms with Crippen molar-refractivity contribution in [3.8, 4) is 11.5 Å². The Labute approximate surface area is 221 Å². The normalized spacial score (nSPS) is 10.6. The third kappa shape index (κ3) is 7.72. The predicted octanol–water partition coefficient (Wildman–Crippen LogP) is 5.92. The third-order valence-electron chi connectivity index (χ3n) is 5.52. The minimum absolute atomic E-state index is 0.134. The summed E-state index contributed by atoms with van der Waals surface area (Å²) < 4.78 is 13.6. The zero-order valence-corrected chi connectivity index (χ0v) is 21.6. The lowest BCUT2D eigenvalue weighted by Gasteiger charge is -2.10. The van der Waals surface area contributed by atoms with E-state index in [9.17, 15) is 4.79 Å². The lowest BCUT2D eigenvalue weighted by molar-refractivity contribution is -0.113. The smallest absolute Gasteiger partial charge is 0.234 e. The summed E-state index contributed by atoms with van der Waals surface area (Å²) in [5.74, 6) is 2.25. The van der Waals surface area contributed by atoms with Crippen LogP contribution in [0.15, 0.2) is 96.7 Å². The Morgan fingerprint density at radius 1 is 0.919 bits per heavy atom. The van der Waals surface area contributed by atoms with E-state index in [0.717, 1.165) is 23.5 Å². The summed E-state index contributed by atoms with van der Waals surface area (Å²) in [4.78, 5) is 12.6. The number of hydrogen-bond donors (Lipinski definition) is 1. The van der Waals surface area contributed by atoms with Gasteiger partial charge >= 0.3 is 0 Å². The van der Waals surface area contributed by atoms with Gasteiger partial charge in [-0.15, -0.1) is 16.8 Å². The maximum atomic E-state index is 12.6. The molecule has 0 unspecified atom stereocenters. The van der Waals surface area contributed by atoms with Crippen LogP contribution in [0, 0.1) is 0 Å². The molecule has 0 spiro atoms. The van der Waals surface area contributed by atoms with E-state index < -0.39 is 0 Å². The minimum atomic E-state index is -0.134. The van der Waals surface area contributed by atoms with Gasteiger partial charge in [0, 0.05) is 12.2 Å². The molecule has 3 aromatic carbocycles. The maximum absolute atomic E-state index is 12.6. The van der Waals surface area contributed by atoms with E-state index in [0.29, 0.717) is 29.8 Å². The van der Waals surface area contributed by atoms with Crippen LogP contribution in [0.5, 0.6) is 11.5 Å². The van der Waals surface area contributed by atoms with Crippen molar-refractivity contribution in [2.24, 2.45) is 0 Å². The molecular formula is C29H30N4O3S. The van der Waals surface area contributed by atoms with Gasteiger partial charge in [-0.3, -0.25) is 9.36 Å². The fourth-order valence-corrected chi connectivity index (χ4v) is 4.28. The Morgan fingerprint density at radius 3 is 2.27 bits per heavy atom. The van der Waals surface area contributed by atoms with Crippen LogP contribution in [0.1, 0.15) is 23.9 Å². The molecule has 1 heterocycles. The number of ether oxygens (including phenoxy) is 2. The molecule has 0 atom stereocenters. The zero-order valence-electron chi connectivity index (χ0n) is 20.8.